The Balaban J connectivity index is 2.33. The van der Waals surface area contributed by atoms with Crippen LogP contribution < -0.4 is 0 Å². The maximum absolute atomic E-state index is 11.3. The van der Waals surface area contributed by atoms with Crippen molar-refractivity contribution in [3.63, 3.8) is 0 Å². The van der Waals surface area contributed by atoms with Gasteiger partial charge in [-0.3, -0.25) is 0 Å². The molecule has 0 unspecified atom stereocenters. The molecule has 5 nitrogen and oxygen atoms in total. The second-order valence-electron chi connectivity index (χ2n) is 4.09. The summed E-state index contributed by atoms with van der Waals surface area (Å²) in [6, 6.07) is 8.12. The van der Waals surface area contributed by atoms with Crippen LogP contribution in [0.1, 0.15) is 10.5 Å². The molecule has 0 radical (unpaired) electrons. The third-order valence-corrected chi connectivity index (χ3v) is 3.83. The fourth-order valence-electron chi connectivity index (χ4n) is 1.68. The Morgan fingerprint density at radius 3 is 2.32 bits per heavy atom. The van der Waals surface area contributed by atoms with Crippen LogP contribution in [0.5, 0.6) is 0 Å². The van der Waals surface area contributed by atoms with E-state index in [1.54, 1.807) is 24.4 Å². The molecular weight excluding hydrogens is 266 g/mol. The normalized spacial score (nSPS) is 11.3. The molecule has 0 aliphatic rings. The maximum Gasteiger partial charge on any atom is 0.354 e. The Kier molecular flexibility index (Phi) is 3.44. The lowest BCUT2D eigenvalue weighted by atomic mass is 10.1. The van der Waals surface area contributed by atoms with Crippen LogP contribution in [-0.4, -0.2) is 32.7 Å². The minimum Gasteiger partial charge on any atom is -0.464 e. The van der Waals surface area contributed by atoms with Crippen molar-refractivity contribution in [3.05, 3.63) is 42.2 Å². The van der Waals surface area contributed by atoms with Crippen LogP contribution in [0, 0.1) is 0 Å². The topological polar surface area (TPSA) is 76.2 Å². The number of H-pyrrole nitrogens is 1. The van der Waals surface area contributed by atoms with E-state index in [0.29, 0.717) is 5.69 Å². The summed E-state index contributed by atoms with van der Waals surface area (Å²) in [5.41, 5.74) is 1.96. The average molecular weight is 279 g/mol. The van der Waals surface area contributed by atoms with E-state index in [1.165, 1.54) is 19.2 Å². The molecule has 0 bridgehead atoms. The van der Waals surface area contributed by atoms with Crippen LogP contribution in [0.15, 0.2) is 41.4 Å². The maximum atomic E-state index is 11.3. The zero-order chi connectivity index (χ0) is 14.0. The van der Waals surface area contributed by atoms with E-state index in [4.69, 9.17) is 0 Å². The van der Waals surface area contributed by atoms with Gasteiger partial charge in [0.05, 0.1) is 12.0 Å². The third-order valence-electron chi connectivity index (χ3n) is 2.70. The number of rotatable bonds is 3. The second kappa shape index (κ2) is 4.89. The predicted molar refractivity (Wildman–Crippen MR) is 70.7 cm³/mol. The van der Waals surface area contributed by atoms with Crippen molar-refractivity contribution >= 4 is 15.8 Å². The fraction of sp³-hybridized carbons (Fsp3) is 0.154. The number of ether oxygens (including phenoxy) is 1. The van der Waals surface area contributed by atoms with Crippen LogP contribution in [0.25, 0.3) is 11.1 Å². The molecule has 0 fully saturated rings. The molecule has 0 aliphatic carbocycles. The van der Waals surface area contributed by atoms with E-state index in [0.717, 1.165) is 17.4 Å². The van der Waals surface area contributed by atoms with Crippen LogP contribution in [-0.2, 0) is 14.6 Å². The van der Waals surface area contributed by atoms with Gasteiger partial charge in [0.2, 0.25) is 0 Å². The first-order valence-electron chi connectivity index (χ1n) is 5.49. The molecule has 1 aromatic heterocycles. The average Bonchev–Trinajstić information content (AvgIpc) is 2.86. The molecule has 1 N–H and O–H groups in total. The Morgan fingerprint density at radius 2 is 1.79 bits per heavy atom. The number of carbonyl (C=O) groups excluding carboxylic acids is 1. The van der Waals surface area contributed by atoms with Crippen molar-refractivity contribution in [1.29, 1.82) is 0 Å². The van der Waals surface area contributed by atoms with E-state index in [9.17, 15) is 13.2 Å². The van der Waals surface area contributed by atoms with Gasteiger partial charge in [-0.1, -0.05) is 12.1 Å². The lowest BCUT2D eigenvalue weighted by Crippen LogP contribution is -2.00. The molecule has 100 valence electrons. The van der Waals surface area contributed by atoms with Gasteiger partial charge in [-0.25, -0.2) is 13.2 Å². The largest absolute Gasteiger partial charge is 0.464 e. The highest BCUT2D eigenvalue weighted by Gasteiger charge is 2.10. The Hall–Kier alpha value is -2.08. The molecule has 0 spiro atoms. The van der Waals surface area contributed by atoms with Gasteiger partial charge in [-0.2, -0.15) is 0 Å². The Bertz CT molecular complexity index is 698. The minimum atomic E-state index is -3.20. The first kappa shape index (κ1) is 13.4. The monoisotopic (exact) mass is 279 g/mol. The highest BCUT2D eigenvalue weighted by Crippen LogP contribution is 2.22. The highest BCUT2D eigenvalue weighted by molar-refractivity contribution is 7.90. The summed E-state index contributed by atoms with van der Waals surface area (Å²) < 4.78 is 27.3. The van der Waals surface area contributed by atoms with Crippen molar-refractivity contribution in [2.75, 3.05) is 13.4 Å². The molecule has 0 saturated heterocycles. The van der Waals surface area contributed by atoms with Gasteiger partial charge in [0.15, 0.2) is 9.84 Å². The van der Waals surface area contributed by atoms with Gasteiger partial charge >= 0.3 is 5.97 Å². The number of aromatic nitrogens is 1. The summed E-state index contributed by atoms with van der Waals surface area (Å²) in [4.78, 5) is 14.4. The van der Waals surface area contributed by atoms with Crippen LogP contribution in [0.3, 0.4) is 0 Å². The molecule has 0 atom stereocenters. The van der Waals surface area contributed by atoms with Gasteiger partial charge in [-0.15, -0.1) is 0 Å². The zero-order valence-electron chi connectivity index (χ0n) is 10.5. The summed E-state index contributed by atoms with van der Waals surface area (Å²) in [5, 5.41) is 0. The van der Waals surface area contributed by atoms with E-state index < -0.39 is 15.8 Å². The number of hydrogen-bond acceptors (Lipinski definition) is 4. The van der Waals surface area contributed by atoms with Crippen LogP contribution >= 0.6 is 0 Å². The van der Waals surface area contributed by atoms with Gasteiger partial charge in [0.25, 0.3) is 0 Å². The third kappa shape index (κ3) is 2.85. The molecule has 2 rings (SSSR count). The van der Waals surface area contributed by atoms with E-state index in [2.05, 4.69) is 9.72 Å². The quantitative estimate of drug-likeness (QED) is 0.870. The molecule has 0 amide bonds. The minimum absolute atomic E-state index is 0.264. The Labute approximate surface area is 111 Å². The van der Waals surface area contributed by atoms with Crippen molar-refractivity contribution in [1.82, 2.24) is 4.98 Å². The molecule has 1 heterocycles. The van der Waals surface area contributed by atoms with Gasteiger partial charge in [-0.05, 0) is 29.3 Å². The molecule has 19 heavy (non-hydrogen) atoms. The first-order valence-corrected chi connectivity index (χ1v) is 7.38. The predicted octanol–water partition coefficient (Wildman–Crippen LogP) is 1.87. The Morgan fingerprint density at radius 1 is 1.16 bits per heavy atom. The molecular formula is C13H13NO4S. The van der Waals surface area contributed by atoms with Crippen LogP contribution in [0.4, 0.5) is 0 Å². The smallest absolute Gasteiger partial charge is 0.354 e. The van der Waals surface area contributed by atoms with E-state index in [1.807, 2.05) is 0 Å². The summed E-state index contributed by atoms with van der Waals surface area (Å²) in [7, 11) is -1.89. The van der Waals surface area contributed by atoms with E-state index in [-0.39, 0.29) is 4.90 Å². The highest BCUT2D eigenvalue weighted by atomic mass is 32.2. The van der Waals surface area contributed by atoms with Crippen molar-refractivity contribution < 1.29 is 17.9 Å². The molecule has 1 aromatic carbocycles. The number of nitrogens with one attached hydrogen (secondary N) is 1. The molecule has 2 aromatic rings. The number of benzene rings is 1. The van der Waals surface area contributed by atoms with E-state index >= 15 is 0 Å². The number of methoxy groups -OCH3 is 1. The SMILES string of the molecule is COC(=O)c1cc(-c2ccc(S(C)(=O)=O)cc2)c[nH]1. The summed E-state index contributed by atoms with van der Waals surface area (Å²) in [6.45, 7) is 0. The number of carbonyl (C=O) groups is 1. The van der Waals surface area contributed by atoms with Gasteiger partial charge in [0, 0.05) is 12.5 Å². The standard InChI is InChI=1S/C13H13NO4S/c1-18-13(15)12-7-10(8-14-12)9-3-5-11(6-4-9)19(2,16)17/h3-8,14H,1-2H3. The zero-order valence-corrected chi connectivity index (χ0v) is 11.3. The van der Waals surface area contributed by atoms with Crippen molar-refractivity contribution in [2.24, 2.45) is 0 Å². The number of esters is 1. The van der Waals surface area contributed by atoms with Gasteiger partial charge < -0.3 is 9.72 Å². The molecule has 0 aliphatic heterocycles. The number of hydrogen-bond donors (Lipinski definition) is 1. The number of aromatic amines is 1. The lowest BCUT2D eigenvalue weighted by Gasteiger charge is -2.00. The molecule has 0 saturated carbocycles. The lowest BCUT2D eigenvalue weighted by molar-refractivity contribution is 0.0595. The number of sulfone groups is 1. The second-order valence-corrected chi connectivity index (χ2v) is 6.11. The van der Waals surface area contributed by atoms with Gasteiger partial charge in [0.1, 0.15) is 5.69 Å². The van der Waals surface area contributed by atoms with Crippen molar-refractivity contribution in [3.8, 4) is 11.1 Å². The summed E-state index contributed by atoms with van der Waals surface area (Å²) in [6.07, 6.45) is 2.83. The molecule has 6 heteroatoms. The summed E-state index contributed by atoms with van der Waals surface area (Å²) >= 11 is 0. The fourth-order valence-corrected chi connectivity index (χ4v) is 2.31. The van der Waals surface area contributed by atoms with Crippen LogP contribution in [0.2, 0.25) is 0 Å². The first-order chi connectivity index (χ1) is 8.91. The van der Waals surface area contributed by atoms with Crippen molar-refractivity contribution in [2.45, 2.75) is 4.90 Å². The summed E-state index contributed by atoms with van der Waals surface area (Å²) in [5.74, 6) is -0.445.